The molecule has 0 saturated carbocycles. The minimum absolute atomic E-state index is 0.0195. The molecular weight excluding hydrogens is 472 g/mol. The van der Waals surface area contributed by atoms with E-state index >= 15 is 0 Å². The van der Waals surface area contributed by atoms with Gasteiger partial charge in [-0.1, -0.05) is 80.2 Å². The first-order valence-corrected chi connectivity index (χ1v) is 13.4. The summed E-state index contributed by atoms with van der Waals surface area (Å²) >= 11 is 1.29. The molecule has 0 saturated heterocycles. The maximum Gasteiger partial charge on any atom is 0.316 e. The van der Waals surface area contributed by atoms with Crippen LogP contribution in [0.4, 0.5) is 0 Å². The van der Waals surface area contributed by atoms with Crippen molar-refractivity contribution in [1.82, 2.24) is 19.2 Å². The van der Waals surface area contributed by atoms with E-state index in [1.807, 2.05) is 40.8 Å². The fraction of sp³-hybridized carbons (Fsp3) is 0.357. The van der Waals surface area contributed by atoms with Crippen LogP contribution in [-0.2, 0) is 27.9 Å². The minimum Gasteiger partial charge on any atom is -0.465 e. The minimum atomic E-state index is -0.305. The summed E-state index contributed by atoms with van der Waals surface area (Å²) < 4.78 is 8.87. The summed E-state index contributed by atoms with van der Waals surface area (Å²) in [5.74, 6) is 0.296. The SMILES string of the molecule is CCOC(=O)CSc1nnc2n(Cc3ccccc3)c(=O)c3c(n12)-c1ccccc1CC3(CC)CC. The van der Waals surface area contributed by atoms with Gasteiger partial charge in [0, 0.05) is 16.5 Å². The van der Waals surface area contributed by atoms with E-state index in [-0.39, 0.29) is 22.7 Å². The molecule has 8 heteroatoms. The Hall–Kier alpha value is -3.39. The van der Waals surface area contributed by atoms with Crippen molar-refractivity contribution in [2.75, 3.05) is 12.4 Å². The predicted octanol–water partition coefficient (Wildman–Crippen LogP) is 4.88. The first-order chi connectivity index (χ1) is 17.5. The summed E-state index contributed by atoms with van der Waals surface area (Å²) in [6.07, 6.45) is 2.48. The first kappa shape index (κ1) is 24.3. The smallest absolute Gasteiger partial charge is 0.316 e. The molecule has 2 heterocycles. The number of carbonyl (C=O) groups is 1. The number of thioether (sulfide) groups is 1. The van der Waals surface area contributed by atoms with E-state index in [1.165, 1.54) is 17.3 Å². The molecule has 7 nitrogen and oxygen atoms in total. The van der Waals surface area contributed by atoms with Crippen molar-refractivity contribution in [3.8, 4) is 11.3 Å². The van der Waals surface area contributed by atoms with Crippen LogP contribution in [0.5, 0.6) is 0 Å². The fourth-order valence-corrected chi connectivity index (χ4v) is 6.08. The third-order valence-corrected chi connectivity index (χ3v) is 8.17. The zero-order valence-corrected chi connectivity index (χ0v) is 21.7. The van der Waals surface area contributed by atoms with E-state index in [0.29, 0.717) is 24.1 Å². The second kappa shape index (κ2) is 9.93. The highest BCUT2D eigenvalue weighted by molar-refractivity contribution is 7.99. The van der Waals surface area contributed by atoms with Crippen LogP contribution in [0.25, 0.3) is 17.0 Å². The molecule has 0 fully saturated rings. The molecule has 0 atom stereocenters. The normalized spacial score (nSPS) is 13.9. The molecular formula is C28H30N4O3S. The van der Waals surface area contributed by atoms with Gasteiger partial charge in [0.25, 0.3) is 5.56 Å². The van der Waals surface area contributed by atoms with Crippen LogP contribution in [0.1, 0.15) is 50.3 Å². The van der Waals surface area contributed by atoms with Gasteiger partial charge >= 0.3 is 5.97 Å². The molecule has 1 aliphatic carbocycles. The maximum atomic E-state index is 14.3. The van der Waals surface area contributed by atoms with Gasteiger partial charge < -0.3 is 4.74 Å². The average molecular weight is 503 g/mol. The quantitative estimate of drug-likeness (QED) is 0.253. The van der Waals surface area contributed by atoms with Gasteiger partial charge in [-0.2, -0.15) is 0 Å². The van der Waals surface area contributed by atoms with Crippen molar-refractivity contribution in [2.24, 2.45) is 0 Å². The lowest BCUT2D eigenvalue weighted by Gasteiger charge is -2.38. The molecule has 0 radical (unpaired) electrons. The number of fused-ring (bicyclic) bond motifs is 5. The van der Waals surface area contributed by atoms with E-state index in [0.717, 1.165) is 41.6 Å². The largest absolute Gasteiger partial charge is 0.465 e. The van der Waals surface area contributed by atoms with Crippen LogP contribution in [-0.4, -0.2) is 37.5 Å². The second-order valence-corrected chi connectivity index (χ2v) is 10.1. The van der Waals surface area contributed by atoms with Crippen LogP contribution in [0.15, 0.2) is 64.5 Å². The van der Waals surface area contributed by atoms with Crippen LogP contribution >= 0.6 is 11.8 Å². The number of hydrogen-bond donors (Lipinski definition) is 0. The summed E-state index contributed by atoms with van der Waals surface area (Å²) in [6, 6.07) is 18.2. The molecule has 0 unspecified atom stereocenters. The Labute approximate surface area is 214 Å². The van der Waals surface area contributed by atoms with E-state index < -0.39 is 0 Å². The summed E-state index contributed by atoms with van der Waals surface area (Å²) in [5, 5.41) is 9.52. The van der Waals surface area contributed by atoms with Crippen molar-refractivity contribution in [1.29, 1.82) is 0 Å². The van der Waals surface area contributed by atoms with Gasteiger partial charge in [-0.25, -0.2) is 0 Å². The molecule has 4 aromatic rings. The fourth-order valence-electron chi connectivity index (χ4n) is 5.34. The highest BCUT2D eigenvalue weighted by Gasteiger charge is 2.41. The highest BCUT2D eigenvalue weighted by atomic mass is 32.2. The average Bonchev–Trinajstić information content (AvgIpc) is 3.33. The Morgan fingerprint density at radius 1 is 1.03 bits per heavy atom. The molecule has 186 valence electrons. The van der Waals surface area contributed by atoms with E-state index in [2.05, 4.69) is 42.2 Å². The lowest BCUT2D eigenvalue weighted by atomic mass is 9.66. The first-order valence-electron chi connectivity index (χ1n) is 12.5. The second-order valence-electron chi connectivity index (χ2n) is 9.13. The Kier molecular flexibility index (Phi) is 6.71. The van der Waals surface area contributed by atoms with E-state index in [1.54, 1.807) is 11.5 Å². The highest BCUT2D eigenvalue weighted by Crippen LogP contribution is 2.46. The van der Waals surface area contributed by atoms with Crippen LogP contribution in [0.2, 0.25) is 0 Å². The van der Waals surface area contributed by atoms with Gasteiger partial charge in [-0.05, 0) is 37.3 Å². The molecule has 0 bridgehead atoms. The van der Waals surface area contributed by atoms with Gasteiger partial charge in [0.15, 0.2) is 5.16 Å². The van der Waals surface area contributed by atoms with Gasteiger partial charge in [-0.3, -0.25) is 18.6 Å². The Balaban J connectivity index is 1.82. The number of hydrogen-bond acceptors (Lipinski definition) is 6. The number of ether oxygens (including phenoxy) is 1. The summed E-state index contributed by atoms with van der Waals surface area (Å²) in [7, 11) is 0. The predicted molar refractivity (Wildman–Crippen MR) is 142 cm³/mol. The topological polar surface area (TPSA) is 78.5 Å². The number of aromatic nitrogens is 4. The number of esters is 1. The van der Waals surface area contributed by atoms with Gasteiger partial charge in [0.05, 0.1) is 24.6 Å². The molecule has 1 aliphatic rings. The van der Waals surface area contributed by atoms with Crippen LogP contribution in [0, 0.1) is 0 Å². The Morgan fingerprint density at radius 2 is 1.75 bits per heavy atom. The molecule has 0 N–H and O–H groups in total. The third kappa shape index (κ3) is 4.03. The van der Waals surface area contributed by atoms with Crippen molar-refractivity contribution in [3.05, 3.63) is 81.6 Å². The van der Waals surface area contributed by atoms with Gasteiger partial charge in [-0.15, -0.1) is 10.2 Å². The number of benzene rings is 2. The zero-order chi connectivity index (χ0) is 25.3. The lowest BCUT2D eigenvalue weighted by Crippen LogP contribution is -2.41. The molecule has 2 aromatic carbocycles. The lowest BCUT2D eigenvalue weighted by molar-refractivity contribution is -0.139. The van der Waals surface area contributed by atoms with Crippen molar-refractivity contribution in [3.63, 3.8) is 0 Å². The van der Waals surface area contributed by atoms with Crippen molar-refractivity contribution >= 4 is 23.5 Å². The Bertz CT molecular complexity index is 1470. The van der Waals surface area contributed by atoms with E-state index in [9.17, 15) is 9.59 Å². The number of rotatable bonds is 8. The Morgan fingerprint density at radius 3 is 2.47 bits per heavy atom. The van der Waals surface area contributed by atoms with Gasteiger partial charge in [0.2, 0.25) is 5.78 Å². The number of carbonyl (C=O) groups excluding carboxylic acids is 1. The molecule has 0 aliphatic heterocycles. The molecule has 0 amide bonds. The molecule has 5 rings (SSSR count). The standard InChI is InChI=1S/C28H30N4O3S/c1-4-28(5-2)16-20-14-10-11-15-21(20)24-23(28)25(34)31(17-19-12-8-7-9-13-19)26-29-30-27(32(24)26)36-18-22(33)35-6-3/h7-15H,4-6,16-18H2,1-3H3. The summed E-state index contributed by atoms with van der Waals surface area (Å²) in [4.78, 5) is 26.5. The summed E-state index contributed by atoms with van der Waals surface area (Å²) in [5.41, 5.74) is 4.59. The van der Waals surface area contributed by atoms with Crippen molar-refractivity contribution < 1.29 is 9.53 Å². The molecule has 36 heavy (non-hydrogen) atoms. The summed E-state index contributed by atoms with van der Waals surface area (Å²) in [6.45, 7) is 6.83. The van der Waals surface area contributed by atoms with Gasteiger partial charge in [0.1, 0.15) is 0 Å². The van der Waals surface area contributed by atoms with Crippen LogP contribution in [0.3, 0.4) is 0 Å². The van der Waals surface area contributed by atoms with E-state index in [4.69, 9.17) is 4.74 Å². The maximum absolute atomic E-state index is 14.3. The zero-order valence-electron chi connectivity index (χ0n) is 20.9. The number of nitrogens with zero attached hydrogens (tertiary/aromatic N) is 4. The molecule has 2 aromatic heterocycles. The van der Waals surface area contributed by atoms with Crippen molar-refractivity contribution in [2.45, 2.75) is 57.1 Å². The molecule has 0 spiro atoms. The third-order valence-electron chi connectivity index (χ3n) is 7.27. The van der Waals surface area contributed by atoms with Crippen LogP contribution < -0.4 is 5.56 Å². The monoisotopic (exact) mass is 502 g/mol.